The van der Waals surface area contributed by atoms with Crippen LogP contribution >= 0.6 is 0 Å². The van der Waals surface area contributed by atoms with Crippen molar-refractivity contribution >= 4 is 11.6 Å². The van der Waals surface area contributed by atoms with Gasteiger partial charge in [-0.25, -0.2) is 4.98 Å². The average molecular weight is 342 g/mol. The molecule has 1 amide bonds. The number of carbonyl (C=O) groups excluding carboxylic acids is 1. The largest absolute Gasteiger partial charge is 0.474 e. The Labute approximate surface area is 144 Å². The number of amides is 1. The van der Waals surface area contributed by atoms with Gasteiger partial charge in [-0.3, -0.25) is 4.79 Å². The summed E-state index contributed by atoms with van der Waals surface area (Å²) in [6.07, 6.45) is 3.34. The Hall–Kier alpha value is -2.80. The standard InChI is InChI=1S/C18H18N2O5/c21-18(20-13-2-3-15-16(9-13)24-11-23-15)12-1-4-17(19-10-12)25-14-5-7-22-8-6-14/h1-4,9-10,14H,5-8,11H2,(H,20,21). The number of pyridine rings is 1. The van der Waals surface area contributed by atoms with Gasteiger partial charge < -0.3 is 24.3 Å². The first-order valence-electron chi connectivity index (χ1n) is 8.19. The van der Waals surface area contributed by atoms with E-state index in [1.165, 1.54) is 6.20 Å². The summed E-state index contributed by atoms with van der Waals surface area (Å²) in [6, 6.07) is 8.67. The number of rotatable bonds is 4. The van der Waals surface area contributed by atoms with E-state index >= 15 is 0 Å². The Kier molecular flexibility index (Phi) is 4.39. The monoisotopic (exact) mass is 342 g/mol. The highest BCUT2D eigenvalue weighted by atomic mass is 16.7. The van der Waals surface area contributed by atoms with Crippen molar-refractivity contribution in [2.24, 2.45) is 0 Å². The molecule has 0 unspecified atom stereocenters. The van der Waals surface area contributed by atoms with E-state index in [0.29, 0.717) is 41.8 Å². The van der Waals surface area contributed by atoms with Crippen LogP contribution < -0.4 is 19.5 Å². The number of nitrogens with zero attached hydrogens (tertiary/aromatic N) is 1. The molecule has 1 saturated heterocycles. The first-order chi connectivity index (χ1) is 12.3. The molecule has 130 valence electrons. The number of anilines is 1. The molecule has 1 N–H and O–H groups in total. The Balaban J connectivity index is 1.38. The number of ether oxygens (including phenoxy) is 4. The van der Waals surface area contributed by atoms with Gasteiger partial charge in [-0.1, -0.05) is 0 Å². The van der Waals surface area contributed by atoms with Gasteiger partial charge in [0.05, 0.1) is 18.8 Å². The second-order valence-corrected chi connectivity index (χ2v) is 5.84. The Morgan fingerprint density at radius 1 is 1.12 bits per heavy atom. The zero-order chi connectivity index (χ0) is 17.1. The fourth-order valence-electron chi connectivity index (χ4n) is 2.73. The first-order valence-corrected chi connectivity index (χ1v) is 8.19. The molecule has 25 heavy (non-hydrogen) atoms. The third-order valence-corrected chi connectivity index (χ3v) is 4.08. The van der Waals surface area contributed by atoms with Crippen molar-refractivity contribution in [3.05, 3.63) is 42.1 Å². The second-order valence-electron chi connectivity index (χ2n) is 5.84. The molecule has 2 aromatic rings. The molecule has 0 saturated carbocycles. The molecule has 7 heteroatoms. The van der Waals surface area contributed by atoms with Crippen molar-refractivity contribution in [2.75, 3.05) is 25.3 Å². The van der Waals surface area contributed by atoms with Crippen LogP contribution in [0.5, 0.6) is 17.4 Å². The van der Waals surface area contributed by atoms with Crippen molar-refractivity contribution in [1.29, 1.82) is 0 Å². The summed E-state index contributed by atoms with van der Waals surface area (Å²) in [5, 5.41) is 2.82. The van der Waals surface area contributed by atoms with Crippen LogP contribution in [-0.4, -0.2) is 37.0 Å². The summed E-state index contributed by atoms with van der Waals surface area (Å²) in [7, 11) is 0. The molecule has 2 aliphatic heterocycles. The molecule has 0 spiro atoms. The zero-order valence-electron chi connectivity index (χ0n) is 13.6. The topological polar surface area (TPSA) is 78.9 Å². The van der Waals surface area contributed by atoms with Gasteiger partial charge in [-0.2, -0.15) is 0 Å². The zero-order valence-corrected chi connectivity index (χ0v) is 13.6. The average Bonchev–Trinajstić information content (AvgIpc) is 3.11. The van der Waals surface area contributed by atoms with Crippen molar-refractivity contribution in [2.45, 2.75) is 18.9 Å². The molecule has 0 radical (unpaired) electrons. The number of fused-ring (bicyclic) bond motifs is 1. The molecule has 0 aliphatic carbocycles. The van der Waals surface area contributed by atoms with Crippen LogP contribution in [0.4, 0.5) is 5.69 Å². The Bertz CT molecular complexity index is 757. The van der Waals surface area contributed by atoms with E-state index in [9.17, 15) is 4.79 Å². The minimum absolute atomic E-state index is 0.120. The summed E-state index contributed by atoms with van der Waals surface area (Å²) >= 11 is 0. The maximum Gasteiger partial charge on any atom is 0.257 e. The molecular formula is C18H18N2O5. The van der Waals surface area contributed by atoms with Gasteiger partial charge in [-0.15, -0.1) is 0 Å². The van der Waals surface area contributed by atoms with E-state index in [1.807, 2.05) is 0 Å². The molecule has 2 aliphatic rings. The third-order valence-electron chi connectivity index (χ3n) is 4.08. The Morgan fingerprint density at radius 3 is 2.76 bits per heavy atom. The lowest BCUT2D eigenvalue weighted by atomic mass is 10.1. The summed E-state index contributed by atoms with van der Waals surface area (Å²) < 4.78 is 21.7. The summed E-state index contributed by atoms with van der Waals surface area (Å²) in [5.74, 6) is 1.57. The van der Waals surface area contributed by atoms with Crippen molar-refractivity contribution in [3.63, 3.8) is 0 Å². The molecule has 1 aromatic heterocycles. The second kappa shape index (κ2) is 6.98. The maximum absolute atomic E-state index is 12.3. The fraction of sp³-hybridized carbons (Fsp3) is 0.333. The number of benzene rings is 1. The van der Waals surface area contributed by atoms with Gasteiger partial charge in [0.15, 0.2) is 11.5 Å². The lowest BCUT2D eigenvalue weighted by Crippen LogP contribution is -2.26. The van der Waals surface area contributed by atoms with Crippen LogP contribution in [0.15, 0.2) is 36.5 Å². The van der Waals surface area contributed by atoms with Gasteiger partial charge in [-0.05, 0) is 18.2 Å². The number of carbonyl (C=O) groups is 1. The van der Waals surface area contributed by atoms with Crippen LogP contribution in [0.1, 0.15) is 23.2 Å². The van der Waals surface area contributed by atoms with Gasteiger partial charge in [0.25, 0.3) is 5.91 Å². The number of aromatic nitrogens is 1. The fourth-order valence-corrected chi connectivity index (χ4v) is 2.73. The van der Waals surface area contributed by atoms with Crippen molar-refractivity contribution in [1.82, 2.24) is 4.98 Å². The molecule has 3 heterocycles. The molecule has 0 atom stereocenters. The van der Waals surface area contributed by atoms with Gasteiger partial charge in [0.2, 0.25) is 12.7 Å². The van der Waals surface area contributed by atoms with E-state index < -0.39 is 0 Å². The predicted octanol–water partition coefficient (Wildman–Crippen LogP) is 2.62. The van der Waals surface area contributed by atoms with Crippen LogP contribution in [0.3, 0.4) is 0 Å². The van der Waals surface area contributed by atoms with E-state index in [2.05, 4.69) is 10.3 Å². The van der Waals surface area contributed by atoms with Crippen molar-refractivity contribution in [3.8, 4) is 17.4 Å². The highest BCUT2D eigenvalue weighted by molar-refractivity contribution is 6.04. The van der Waals surface area contributed by atoms with Gasteiger partial charge >= 0.3 is 0 Å². The van der Waals surface area contributed by atoms with E-state index in [-0.39, 0.29) is 18.8 Å². The van der Waals surface area contributed by atoms with Crippen molar-refractivity contribution < 1.29 is 23.7 Å². The van der Waals surface area contributed by atoms with E-state index in [1.54, 1.807) is 30.3 Å². The molecular weight excluding hydrogens is 324 g/mol. The van der Waals surface area contributed by atoms with Crippen LogP contribution in [0, 0.1) is 0 Å². The van der Waals surface area contributed by atoms with Crippen LogP contribution in [0.25, 0.3) is 0 Å². The highest BCUT2D eigenvalue weighted by Crippen LogP contribution is 2.34. The normalized spacial score (nSPS) is 16.5. The van der Waals surface area contributed by atoms with Crippen LogP contribution in [-0.2, 0) is 4.74 Å². The van der Waals surface area contributed by atoms with E-state index in [0.717, 1.165) is 12.8 Å². The highest BCUT2D eigenvalue weighted by Gasteiger charge is 2.17. The van der Waals surface area contributed by atoms with Crippen LogP contribution in [0.2, 0.25) is 0 Å². The maximum atomic E-state index is 12.3. The smallest absolute Gasteiger partial charge is 0.257 e. The third kappa shape index (κ3) is 3.66. The summed E-state index contributed by atoms with van der Waals surface area (Å²) in [6.45, 7) is 1.62. The molecule has 4 rings (SSSR count). The van der Waals surface area contributed by atoms with Gasteiger partial charge in [0, 0.05) is 36.9 Å². The Morgan fingerprint density at radius 2 is 1.96 bits per heavy atom. The SMILES string of the molecule is O=C(Nc1ccc2c(c1)OCO2)c1ccc(OC2CCOCC2)nc1. The quantitative estimate of drug-likeness (QED) is 0.920. The molecule has 1 aromatic carbocycles. The number of hydrogen-bond acceptors (Lipinski definition) is 6. The minimum atomic E-state index is -0.246. The number of hydrogen-bond donors (Lipinski definition) is 1. The van der Waals surface area contributed by atoms with Gasteiger partial charge in [0.1, 0.15) is 6.10 Å². The minimum Gasteiger partial charge on any atom is -0.474 e. The summed E-state index contributed by atoms with van der Waals surface area (Å²) in [5.41, 5.74) is 1.09. The molecule has 7 nitrogen and oxygen atoms in total. The first kappa shape index (κ1) is 15.7. The van der Waals surface area contributed by atoms with E-state index in [4.69, 9.17) is 18.9 Å². The lowest BCUT2D eigenvalue weighted by Gasteiger charge is -2.22. The predicted molar refractivity (Wildman–Crippen MR) is 89.2 cm³/mol. The molecule has 1 fully saturated rings. The summed E-state index contributed by atoms with van der Waals surface area (Å²) in [4.78, 5) is 16.6. The lowest BCUT2D eigenvalue weighted by molar-refractivity contribution is 0.0237. The number of nitrogens with one attached hydrogen (secondary N) is 1. The molecule has 0 bridgehead atoms.